The highest BCUT2D eigenvalue weighted by atomic mass is 14.8. The molecule has 5 aromatic carbocycles. The van der Waals surface area contributed by atoms with Crippen LogP contribution in [0.25, 0.3) is 68.7 Å². The monoisotopic (exact) mass is 430 g/mol. The van der Waals surface area contributed by atoms with Crippen molar-refractivity contribution in [3.8, 4) is 6.07 Å². The Bertz CT molecular complexity index is 2060. The Morgan fingerprint density at radius 3 is 1.74 bits per heavy atom. The highest BCUT2D eigenvalue weighted by Crippen LogP contribution is 2.49. The van der Waals surface area contributed by atoms with Crippen LogP contribution in [0.5, 0.6) is 0 Å². The molecule has 0 radical (unpaired) electrons. The van der Waals surface area contributed by atoms with Crippen molar-refractivity contribution in [2.75, 3.05) is 0 Å². The zero-order valence-corrected chi connectivity index (χ0v) is 17.5. The van der Waals surface area contributed by atoms with Gasteiger partial charge in [0, 0.05) is 23.2 Å². The molecular formula is C28H10N6. The first-order valence-corrected chi connectivity index (χ1v) is 10.2. The van der Waals surface area contributed by atoms with Gasteiger partial charge in [-0.1, -0.05) is 30.3 Å². The molecule has 6 nitrogen and oxygen atoms in total. The Balaban J connectivity index is 1.97. The summed E-state index contributed by atoms with van der Waals surface area (Å²) in [5.41, 5.74) is 1.43. The van der Waals surface area contributed by atoms with Gasteiger partial charge in [0.05, 0.1) is 42.4 Å². The predicted octanol–water partition coefficient (Wildman–Crippen LogP) is 7.77. The summed E-state index contributed by atoms with van der Waals surface area (Å²) in [6, 6.07) is 18.0. The lowest BCUT2D eigenvalue weighted by molar-refractivity contribution is 1.31. The minimum Gasteiger partial charge on any atom is -0.262 e. The SMILES string of the molecule is [C-]#[N+]c1c([N+]#[C-])c([N+]#[C-])c2cc3c4cc5ccccc5cc4c4nccnc4c3cc2c1C#N. The Hall–Kier alpha value is -5.56. The number of rotatable bonds is 0. The van der Waals surface area contributed by atoms with E-state index in [1.165, 1.54) is 0 Å². The van der Waals surface area contributed by atoms with Crippen molar-refractivity contribution in [1.29, 1.82) is 5.26 Å². The van der Waals surface area contributed by atoms with Crippen molar-refractivity contribution in [3.05, 3.63) is 101 Å². The van der Waals surface area contributed by atoms with E-state index in [-0.39, 0.29) is 22.6 Å². The van der Waals surface area contributed by atoms with Gasteiger partial charge in [-0.15, -0.1) is 0 Å². The van der Waals surface area contributed by atoms with Crippen LogP contribution in [0.1, 0.15) is 5.56 Å². The van der Waals surface area contributed by atoms with Crippen LogP contribution in [-0.4, -0.2) is 9.97 Å². The molecule has 0 saturated carbocycles. The second-order valence-electron chi connectivity index (χ2n) is 7.81. The number of benzene rings is 5. The van der Waals surface area contributed by atoms with Crippen LogP contribution in [0.3, 0.4) is 0 Å². The molecule has 0 atom stereocenters. The molecule has 0 aliphatic rings. The highest BCUT2D eigenvalue weighted by molar-refractivity contribution is 6.28. The maximum absolute atomic E-state index is 9.90. The van der Waals surface area contributed by atoms with Gasteiger partial charge in [0.25, 0.3) is 0 Å². The second-order valence-corrected chi connectivity index (χ2v) is 7.81. The van der Waals surface area contributed by atoms with E-state index in [2.05, 4.69) is 42.7 Å². The topological polar surface area (TPSA) is 62.6 Å². The van der Waals surface area contributed by atoms with E-state index in [9.17, 15) is 5.26 Å². The van der Waals surface area contributed by atoms with Gasteiger partial charge in [-0.2, -0.15) is 5.26 Å². The summed E-state index contributed by atoms with van der Waals surface area (Å²) >= 11 is 0. The van der Waals surface area contributed by atoms with Crippen LogP contribution in [0.2, 0.25) is 0 Å². The first kappa shape index (κ1) is 19.1. The molecule has 0 saturated heterocycles. The number of hydrogen-bond acceptors (Lipinski definition) is 3. The largest absolute Gasteiger partial charge is 0.262 e. The molecular weight excluding hydrogens is 420 g/mol. The molecule has 6 rings (SSSR count). The Labute approximate surface area is 193 Å². The quantitative estimate of drug-likeness (QED) is 0.140. The molecule has 6 heteroatoms. The molecule has 34 heavy (non-hydrogen) atoms. The molecule has 0 aliphatic carbocycles. The summed E-state index contributed by atoms with van der Waals surface area (Å²) in [6.07, 6.45) is 3.28. The third kappa shape index (κ3) is 2.40. The molecule has 0 spiro atoms. The van der Waals surface area contributed by atoms with Crippen molar-refractivity contribution in [2.24, 2.45) is 0 Å². The smallest absolute Gasteiger partial charge is 0.202 e. The number of fused-ring (bicyclic) bond motifs is 8. The summed E-state index contributed by atoms with van der Waals surface area (Å²) in [4.78, 5) is 19.7. The lowest BCUT2D eigenvalue weighted by Gasteiger charge is -2.14. The van der Waals surface area contributed by atoms with Crippen LogP contribution in [0.4, 0.5) is 17.1 Å². The summed E-state index contributed by atoms with van der Waals surface area (Å²) in [5, 5.41) is 16.5. The van der Waals surface area contributed by atoms with Crippen molar-refractivity contribution in [3.63, 3.8) is 0 Å². The van der Waals surface area contributed by atoms with Crippen LogP contribution >= 0.6 is 0 Å². The van der Waals surface area contributed by atoms with Crippen molar-refractivity contribution in [2.45, 2.75) is 0 Å². The van der Waals surface area contributed by atoms with Crippen LogP contribution < -0.4 is 0 Å². The number of hydrogen-bond donors (Lipinski definition) is 0. The van der Waals surface area contributed by atoms with E-state index >= 15 is 0 Å². The summed E-state index contributed by atoms with van der Waals surface area (Å²) in [5.74, 6) is 0. The summed E-state index contributed by atoms with van der Waals surface area (Å²) in [7, 11) is 0. The molecule has 0 N–H and O–H groups in total. The lowest BCUT2D eigenvalue weighted by atomic mass is 9.91. The molecule has 0 unspecified atom stereocenters. The Kier molecular flexibility index (Phi) is 3.93. The molecule has 0 amide bonds. The molecule has 0 fully saturated rings. The van der Waals surface area contributed by atoms with Crippen LogP contribution in [0.15, 0.2) is 60.9 Å². The number of aromatic nitrogens is 2. The molecule has 1 aromatic heterocycles. The summed E-state index contributed by atoms with van der Waals surface area (Å²) in [6.45, 7) is 22.9. The van der Waals surface area contributed by atoms with E-state index in [4.69, 9.17) is 19.7 Å². The minimum atomic E-state index is -0.0856. The van der Waals surface area contributed by atoms with Crippen molar-refractivity contribution in [1.82, 2.24) is 9.97 Å². The van der Waals surface area contributed by atoms with E-state index in [1.54, 1.807) is 12.4 Å². The fraction of sp³-hybridized carbons (Fsp3) is 0. The highest BCUT2D eigenvalue weighted by Gasteiger charge is 2.22. The first-order chi connectivity index (χ1) is 16.7. The fourth-order valence-corrected chi connectivity index (χ4v) is 4.74. The number of nitriles is 1. The second kappa shape index (κ2) is 6.98. The van der Waals surface area contributed by atoms with Gasteiger partial charge in [0.15, 0.2) is 5.69 Å². The zero-order chi connectivity index (χ0) is 23.4. The van der Waals surface area contributed by atoms with Crippen molar-refractivity contribution < 1.29 is 0 Å². The Morgan fingerprint density at radius 2 is 1.15 bits per heavy atom. The molecule has 1 heterocycles. The molecule has 152 valence electrons. The summed E-state index contributed by atoms with van der Waals surface area (Å²) < 4.78 is 0. The van der Waals surface area contributed by atoms with Gasteiger partial charge in [0.2, 0.25) is 11.4 Å². The maximum Gasteiger partial charge on any atom is 0.202 e. The van der Waals surface area contributed by atoms with Gasteiger partial charge >= 0.3 is 0 Å². The lowest BCUT2D eigenvalue weighted by Crippen LogP contribution is -1.91. The van der Waals surface area contributed by atoms with Gasteiger partial charge in [-0.05, 0) is 50.5 Å². The molecule has 0 bridgehead atoms. The third-order valence-corrected chi connectivity index (χ3v) is 6.20. The van der Waals surface area contributed by atoms with Crippen LogP contribution in [-0.2, 0) is 0 Å². The standard InChI is InChI=1S/C28H10N6/c1-30-24-21-12-18-17-10-15-6-4-5-7-16(15)11-20(17)26-27(34-9-8-33-26)22(18)13-19(21)23(14-29)25(31-2)28(24)32-3/h4-13H. The maximum atomic E-state index is 9.90. The van der Waals surface area contributed by atoms with Gasteiger partial charge in [-0.3, -0.25) is 24.5 Å². The van der Waals surface area contributed by atoms with E-state index in [0.717, 1.165) is 37.8 Å². The van der Waals surface area contributed by atoms with E-state index < -0.39 is 0 Å². The van der Waals surface area contributed by atoms with Gasteiger partial charge in [0.1, 0.15) is 0 Å². The van der Waals surface area contributed by atoms with E-state index in [1.807, 2.05) is 36.4 Å². The third-order valence-electron chi connectivity index (χ3n) is 6.20. The van der Waals surface area contributed by atoms with Crippen molar-refractivity contribution >= 4 is 71.2 Å². The molecule has 6 aromatic rings. The predicted molar refractivity (Wildman–Crippen MR) is 133 cm³/mol. The van der Waals surface area contributed by atoms with Gasteiger partial charge < -0.3 is 0 Å². The average molecular weight is 430 g/mol. The zero-order valence-electron chi connectivity index (χ0n) is 17.5. The normalized spacial score (nSPS) is 10.8. The Morgan fingerprint density at radius 1 is 0.618 bits per heavy atom. The average Bonchev–Trinajstić information content (AvgIpc) is 2.89. The fourth-order valence-electron chi connectivity index (χ4n) is 4.74. The van der Waals surface area contributed by atoms with Crippen LogP contribution in [0, 0.1) is 31.0 Å². The van der Waals surface area contributed by atoms with E-state index in [0.29, 0.717) is 16.3 Å². The molecule has 0 aliphatic heterocycles. The van der Waals surface area contributed by atoms with Gasteiger partial charge in [-0.25, -0.2) is 0 Å². The first-order valence-electron chi connectivity index (χ1n) is 10.2. The minimum absolute atomic E-state index is 0.0799. The number of nitrogens with zero attached hydrogens (tertiary/aromatic N) is 6.